The maximum absolute atomic E-state index is 4.00. The van der Waals surface area contributed by atoms with E-state index in [0.717, 1.165) is 0 Å². The van der Waals surface area contributed by atoms with Crippen LogP contribution in [0.1, 0.15) is 20.3 Å². The monoisotopic (exact) mass is 176 g/mol. The van der Waals surface area contributed by atoms with E-state index in [-0.39, 0.29) is 0 Å². The molecule has 0 aromatic rings. The van der Waals surface area contributed by atoms with E-state index in [2.05, 4.69) is 39.2 Å². The molecule has 0 N–H and O–H groups in total. The van der Waals surface area contributed by atoms with Gasteiger partial charge in [-0.05, 0) is 43.6 Å². The molecule has 0 unspecified atom stereocenters. The van der Waals surface area contributed by atoms with Crippen molar-refractivity contribution in [3.05, 3.63) is 12.2 Å². The molecular weight excluding hydrogens is 152 g/mol. The molecule has 0 nitrogen and oxygen atoms in total. The summed E-state index contributed by atoms with van der Waals surface area (Å²) in [6, 6.07) is 0. The standard InChI is InChI=1S/C10H24S/c1-7-8-11(4,5,6)9-10(2)3/h11H,2,7-9H2,1,3-6H3. The second-order valence-corrected chi connectivity index (χ2v) is 13.0. The lowest BCUT2D eigenvalue weighted by atomic mass is 10.4. The second-order valence-electron chi connectivity index (χ2n) is 5.30. The molecule has 0 aliphatic carbocycles. The van der Waals surface area contributed by atoms with Gasteiger partial charge in [-0.1, -0.05) is 19.1 Å². The summed E-state index contributed by atoms with van der Waals surface area (Å²) in [6.45, 7) is 8.42. The van der Waals surface area contributed by atoms with Gasteiger partial charge in [-0.15, -0.1) is 0 Å². The normalized spacial score (nSPS) is 15.5. The fourth-order valence-corrected chi connectivity index (χ4v) is 5.73. The number of hydrogen-bond donors (Lipinski definition) is 1. The van der Waals surface area contributed by atoms with Crippen molar-refractivity contribution in [1.29, 1.82) is 0 Å². The first-order chi connectivity index (χ1) is 4.74. The van der Waals surface area contributed by atoms with Gasteiger partial charge < -0.3 is 0 Å². The van der Waals surface area contributed by atoms with E-state index in [1.54, 1.807) is 0 Å². The molecule has 0 heterocycles. The largest absolute Gasteiger partial charge is 0.287 e. The van der Waals surface area contributed by atoms with Gasteiger partial charge in [0, 0.05) is 0 Å². The van der Waals surface area contributed by atoms with Gasteiger partial charge in [0.2, 0.25) is 0 Å². The van der Waals surface area contributed by atoms with Gasteiger partial charge in [0.15, 0.2) is 0 Å². The minimum atomic E-state index is -1.33. The molecule has 11 heavy (non-hydrogen) atoms. The van der Waals surface area contributed by atoms with Crippen LogP contribution in [0.3, 0.4) is 0 Å². The zero-order valence-electron chi connectivity index (χ0n) is 8.78. The molecule has 70 valence electrons. The highest BCUT2D eigenvalue weighted by Crippen LogP contribution is 2.60. The van der Waals surface area contributed by atoms with Crippen molar-refractivity contribution in [2.24, 2.45) is 0 Å². The predicted molar refractivity (Wildman–Crippen MR) is 61.6 cm³/mol. The van der Waals surface area contributed by atoms with Gasteiger partial charge in [-0.2, -0.15) is 0 Å². The van der Waals surface area contributed by atoms with Crippen LogP contribution in [0.5, 0.6) is 0 Å². The van der Waals surface area contributed by atoms with Crippen LogP contribution in [0.25, 0.3) is 0 Å². The zero-order valence-corrected chi connectivity index (χ0v) is 9.67. The molecule has 0 saturated heterocycles. The number of hydrogen-bond acceptors (Lipinski definition) is 0. The Morgan fingerprint density at radius 2 is 1.73 bits per heavy atom. The van der Waals surface area contributed by atoms with Crippen molar-refractivity contribution in [3.63, 3.8) is 0 Å². The molecule has 0 aliphatic rings. The molecule has 0 spiro atoms. The SMILES string of the molecule is C=C(C)C[SH](C)(C)(C)CCC. The average molecular weight is 176 g/mol. The minimum Gasteiger partial charge on any atom is -0.287 e. The Kier molecular flexibility index (Phi) is 3.25. The first kappa shape index (κ1) is 11.1. The van der Waals surface area contributed by atoms with Crippen LogP contribution in [-0.4, -0.2) is 30.3 Å². The van der Waals surface area contributed by atoms with Crippen molar-refractivity contribution in [2.45, 2.75) is 20.3 Å². The third kappa shape index (κ3) is 5.37. The van der Waals surface area contributed by atoms with Crippen molar-refractivity contribution >= 4 is 9.16 Å². The summed E-state index contributed by atoms with van der Waals surface area (Å²) in [4.78, 5) is 0. The molecule has 0 radical (unpaired) electrons. The van der Waals surface area contributed by atoms with Gasteiger partial charge in [0.1, 0.15) is 0 Å². The first-order valence-corrected chi connectivity index (χ1v) is 8.34. The molecule has 0 atom stereocenters. The van der Waals surface area contributed by atoms with E-state index in [9.17, 15) is 0 Å². The van der Waals surface area contributed by atoms with E-state index in [1.807, 2.05) is 0 Å². The predicted octanol–water partition coefficient (Wildman–Crippen LogP) is 2.93. The molecule has 0 bridgehead atoms. The highest BCUT2D eigenvalue weighted by molar-refractivity contribution is 8.48. The number of rotatable bonds is 4. The van der Waals surface area contributed by atoms with Gasteiger partial charge >= 0.3 is 0 Å². The molecule has 0 aromatic carbocycles. The second kappa shape index (κ2) is 3.22. The highest BCUT2D eigenvalue weighted by atomic mass is 32.3. The summed E-state index contributed by atoms with van der Waals surface area (Å²) in [7, 11) is -1.33. The van der Waals surface area contributed by atoms with E-state index in [0.29, 0.717) is 0 Å². The van der Waals surface area contributed by atoms with Gasteiger partial charge in [0.25, 0.3) is 0 Å². The Hall–Kier alpha value is 0.0900. The first-order valence-electron chi connectivity index (χ1n) is 4.39. The van der Waals surface area contributed by atoms with E-state index < -0.39 is 9.16 Å². The van der Waals surface area contributed by atoms with Crippen molar-refractivity contribution in [2.75, 3.05) is 30.3 Å². The molecule has 0 aromatic heterocycles. The Labute approximate surface area is 72.4 Å². The fourth-order valence-electron chi connectivity index (χ4n) is 1.91. The number of thiol groups is 1. The van der Waals surface area contributed by atoms with E-state index in [1.165, 1.54) is 23.5 Å². The quantitative estimate of drug-likeness (QED) is 0.494. The summed E-state index contributed by atoms with van der Waals surface area (Å²) in [5.41, 5.74) is 1.35. The van der Waals surface area contributed by atoms with Crippen molar-refractivity contribution in [1.82, 2.24) is 0 Å². The smallest absolute Gasteiger partial charge is 0.0155 e. The van der Waals surface area contributed by atoms with E-state index >= 15 is 0 Å². The van der Waals surface area contributed by atoms with E-state index in [4.69, 9.17) is 0 Å². The third-order valence-electron chi connectivity index (χ3n) is 1.91. The van der Waals surface area contributed by atoms with Crippen molar-refractivity contribution in [3.8, 4) is 0 Å². The highest BCUT2D eigenvalue weighted by Gasteiger charge is 2.23. The fraction of sp³-hybridized carbons (Fsp3) is 0.800. The average Bonchev–Trinajstić information content (AvgIpc) is 1.56. The molecule has 0 saturated carbocycles. The summed E-state index contributed by atoms with van der Waals surface area (Å²) in [6.07, 6.45) is 8.70. The summed E-state index contributed by atoms with van der Waals surface area (Å²) >= 11 is 0. The Morgan fingerprint density at radius 1 is 1.27 bits per heavy atom. The van der Waals surface area contributed by atoms with Crippen LogP contribution in [0, 0.1) is 0 Å². The molecule has 0 fully saturated rings. The lowest BCUT2D eigenvalue weighted by molar-refractivity contribution is 1.08. The summed E-state index contributed by atoms with van der Waals surface area (Å²) in [5, 5.41) is 0. The minimum absolute atomic E-state index is 1.26. The summed E-state index contributed by atoms with van der Waals surface area (Å²) < 4.78 is 0. The molecule has 0 rings (SSSR count). The zero-order chi connectivity index (χ0) is 9.15. The Bertz CT molecular complexity index is 148. The van der Waals surface area contributed by atoms with Crippen LogP contribution >= 0.6 is 9.16 Å². The van der Waals surface area contributed by atoms with Gasteiger partial charge in [-0.3, -0.25) is 9.16 Å². The maximum Gasteiger partial charge on any atom is -0.0155 e. The summed E-state index contributed by atoms with van der Waals surface area (Å²) in [5.74, 6) is 2.66. The maximum atomic E-state index is 4.00. The van der Waals surface area contributed by atoms with Crippen LogP contribution in [0.2, 0.25) is 0 Å². The Morgan fingerprint density at radius 3 is 2.00 bits per heavy atom. The molecule has 1 heteroatoms. The molecule has 0 amide bonds. The van der Waals surface area contributed by atoms with Crippen LogP contribution in [0.4, 0.5) is 0 Å². The Balaban J connectivity index is 4.25. The molecular formula is C10H24S. The lowest BCUT2D eigenvalue weighted by Crippen LogP contribution is -2.21. The van der Waals surface area contributed by atoms with Gasteiger partial charge in [0.05, 0.1) is 0 Å². The van der Waals surface area contributed by atoms with Crippen molar-refractivity contribution < 1.29 is 0 Å². The lowest BCUT2D eigenvalue weighted by Gasteiger charge is -2.51. The topological polar surface area (TPSA) is 0 Å². The van der Waals surface area contributed by atoms with Gasteiger partial charge in [-0.25, -0.2) is 0 Å². The van der Waals surface area contributed by atoms with Crippen LogP contribution < -0.4 is 0 Å². The van der Waals surface area contributed by atoms with Crippen LogP contribution in [0.15, 0.2) is 12.2 Å². The molecule has 0 aliphatic heterocycles. The third-order valence-corrected chi connectivity index (χ3v) is 5.73. The van der Waals surface area contributed by atoms with Crippen LogP contribution in [-0.2, 0) is 0 Å².